The maximum Gasteiger partial charge on any atom is 0.238 e. The Kier molecular flexibility index (Phi) is 6.96. The topological polar surface area (TPSA) is 77.5 Å². The molecule has 0 aliphatic carbocycles. The average molecular weight is 445 g/mol. The lowest BCUT2D eigenvalue weighted by Crippen LogP contribution is -2.53. The second kappa shape index (κ2) is 9.65. The van der Waals surface area contributed by atoms with Gasteiger partial charge in [-0.25, -0.2) is 0 Å². The fraction of sp³-hybridized carbons (Fsp3) is 0.318. The molecule has 0 atom stereocenters. The zero-order valence-electron chi connectivity index (χ0n) is 17.8. The highest BCUT2D eigenvalue weighted by molar-refractivity contribution is 7.80. The Labute approximate surface area is 186 Å². The molecule has 0 radical (unpaired) electrons. The van der Waals surface area contributed by atoms with E-state index in [-0.39, 0.29) is 36.4 Å². The van der Waals surface area contributed by atoms with Crippen LogP contribution in [0.2, 0.25) is 0 Å². The van der Waals surface area contributed by atoms with Gasteiger partial charge in [-0.15, -0.1) is 0 Å². The summed E-state index contributed by atoms with van der Waals surface area (Å²) >= 11 is 5.53. The van der Waals surface area contributed by atoms with Crippen molar-refractivity contribution >= 4 is 29.1 Å². The van der Waals surface area contributed by atoms with Gasteiger partial charge in [-0.2, -0.15) is 0 Å². The van der Waals surface area contributed by atoms with Crippen molar-refractivity contribution in [3.63, 3.8) is 0 Å². The summed E-state index contributed by atoms with van der Waals surface area (Å²) in [6.07, 6.45) is -0.262. The van der Waals surface area contributed by atoms with Crippen LogP contribution >= 0.6 is 12.2 Å². The molecule has 2 amide bonds. The largest absolute Gasteiger partial charge is 0.497 e. The van der Waals surface area contributed by atoms with Gasteiger partial charge in [0.15, 0.2) is 5.11 Å². The summed E-state index contributed by atoms with van der Waals surface area (Å²) < 4.78 is 21.2. The molecular weight excluding hydrogens is 420 g/mol. The first-order valence-electron chi connectivity index (χ1n) is 9.47. The summed E-state index contributed by atoms with van der Waals surface area (Å²) in [6.45, 7) is 0.382. The minimum absolute atomic E-state index is 0.143. The Morgan fingerprint density at radius 2 is 1.00 bits per heavy atom. The van der Waals surface area contributed by atoms with E-state index in [4.69, 9.17) is 31.2 Å². The van der Waals surface area contributed by atoms with Gasteiger partial charge < -0.3 is 18.9 Å². The Balaban J connectivity index is 1.85. The smallest absolute Gasteiger partial charge is 0.238 e. The molecular formula is C22H24N2O6S. The van der Waals surface area contributed by atoms with Crippen molar-refractivity contribution in [3.05, 3.63) is 47.5 Å². The molecule has 3 rings (SSSR count). The minimum Gasteiger partial charge on any atom is -0.497 e. The summed E-state index contributed by atoms with van der Waals surface area (Å²) in [6, 6.07) is 10.7. The molecule has 9 heteroatoms. The molecule has 0 unspecified atom stereocenters. The van der Waals surface area contributed by atoms with Gasteiger partial charge in [0.1, 0.15) is 29.4 Å². The third kappa shape index (κ3) is 5.05. The molecule has 0 bridgehead atoms. The number of hydrogen-bond acceptors (Lipinski definition) is 7. The number of methoxy groups -OCH3 is 4. The summed E-state index contributed by atoms with van der Waals surface area (Å²) in [4.78, 5) is 28.1. The lowest BCUT2D eigenvalue weighted by atomic mass is 10.1. The maximum atomic E-state index is 12.6. The second-order valence-electron chi connectivity index (χ2n) is 6.86. The van der Waals surface area contributed by atoms with Crippen LogP contribution in [0.15, 0.2) is 36.4 Å². The van der Waals surface area contributed by atoms with Crippen LogP contribution in [-0.4, -0.2) is 55.2 Å². The Bertz CT molecular complexity index is 887. The van der Waals surface area contributed by atoms with Crippen LogP contribution in [0.25, 0.3) is 0 Å². The van der Waals surface area contributed by atoms with E-state index in [1.165, 1.54) is 9.80 Å². The lowest BCUT2D eigenvalue weighted by Gasteiger charge is -2.35. The minimum atomic E-state index is -0.351. The highest BCUT2D eigenvalue weighted by Crippen LogP contribution is 2.27. The zero-order valence-corrected chi connectivity index (χ0v) is 18.7. The molecule has 31 heavy (non-hydrogen) atoms. The zero-order chi connectivity index (χ0) is 22.5. The Morgan fingerprint density at radius 1 is 0.677 bits per heavy atom. The van der Waals surface area contributed by atoms with E-state index in [2.05, 4.69) is 0 Å². The highest BCUT2D eigenvalue weighted by Gasteiger charge is 2.35. The van der Waals surface area contributed by atoms with E-state index in [0.717, 1.165) is 11.1 Å². The van der Waals surface area contributed by atoms with Gasteiger partial charge in [0.2, 0.25) is 11.8 Å². The van der Waals surface area contributed by atoms with Gasteiger partial charge in [0.05, 0.1) is 41.5 Å². The number of rotatable bonds is 8. The van der Waals surface area contributed by atoms with Gasteiger partial charge >= 0.3 is 0 Å². The van der Waals surface area contributed by atoms with Gasteiger partial charge in [-0.3, -0.25) is 19.4 Å². The molecule has 8 nitrogen and oxygen atoms in total. The number of carbonyl (C=O) groups excluding carboxylic acids is 2. The Morgan fingerprint density at radius 3 is 1.29 bits per heavy atom. The van der Waals surface area contributed by atoms with Crippen LogP contribution in [0.4, 0.5) is 0 Å². The van der Waals surface area contributed by atoms with Gasteiger partial charge in [0.25, 0.3) is 0 Å². The molecule has 0 N–H and O–H groups in total. The number of hydrogen-bond donors (Lipinski definition) is 0. The van der Waals surface area contributed by atoms with E-state index in [1.807, 2.05) is 0 Å². The molecule has 1 aliphatic rings. The average Bonchev–Trinajstić information content (AvgIpc) is 2.78. The van der Waals surface area contributed by atoms with Crippen LogP contribution < -0.4 is 18.9 Å². The monoisotopic (exact) mass is 444 g/mol. The number of ether oxygens (including phenoxy) is 4. The number of carbonyl (C=O) groups is 2. The van der Waals surface area contributed by atoms with E-state index >= 15 is 0 Å². The normalized spacial score (nSPS) is 14.0. The van der Waals surface area contributed by atoms with Crippen molar-refractivity contribution in [1.29, 1.82) is 0 Å². The van der Waals surface area contributed by atoms with Crippen LogP contribution in [0.3, 0.4) is 0 Å². The fourth-order valence-corrected chi connectivity index (χ4v) is 3.60. The fourth-order valence-electron chi connectivity index (χ4n) is 3.27. The summed E-state index contributed by atoms with van der Waals surface area (Å²) in [5.74, 6) is 1.69. The predicted octanol–water partition coefficient (Wildman–Crippen LogP) is 2.77. The van der Waals surface area contributed by atoms with Crippen LogP contribution in [0.5, 0.6) is 23.0 Å². The van der Waals surface area contributed by atoms with E-state index in [0.29, 0.717) is 23.0 Å². The molecule has 2 aromatic rings. The van der Waals surface area contributed by atoms with Crippen molar-refractivity contribution in [1.82, 2.24) is 9.80 Å². The molecule has 1 saturated heterocycles. The molecule has 0 saturated carbocycles. The molecule has 1 fully saturated rings. The van der Waals surface area contributed by atoms with E-state index in [1.54, 1.807) is 64.8 Å². The predicted molar refractivity (Wildman–Crippen MR) is 117 cm³/mol. The summed E-state index contributed by atoms with van der Waals surface area (Å²) in [7, 11) is 6.21. The standard InChI is InChI=1S/C22H24N2O6S/c1-27-16-5-14(6-17(9-16)28-2)12-23-20(25)11-21(26)24(22(23)31)13-15-7-18(29-3)10-19(8-15)30-4/h5-10H,11-13H2,1-4H3. The third-order valence-corrected chi connectivity index (χ3v) is 5.31. The van der Waals surface area contributed by atoms with E-state index in [9.17, 15) is 9.59 Å². The number of nitrogens with zero attached hydrogens (tertiary/aromatic N) is 2. The van der Waals surface area contributed by atoms with Gasteiger partial charge in [-0.1, -0.05) is 0 Å². The number of amides is 2. The van der Waals surface area contributed by atoms with Crippen LogP contribution in [0.1, 0.15) is 17.5 Å². The van der Waals surface area contributed by atoms with Crippen molar-refractivity contribution in [2.45, 2.75) is 19.5 Å². The molecule has 2 aromatic carbocycles. The Hall–Kier alpha value is -3.33. The molecule has 1 aliphatic heterocycles. The number of thiocarbonyl (C=S) groups is 1. The second-order valence-corrected chi connectivity index (χ2v) is 7.23. The summed E-state index contributed by atoms with van der Waals surface area (Å²) in [5.41, 5.74) is 1.54. The molecule has 164 valence electrons. The van der Waals surface area contributed by atoms with E-state index < -0.39 is 0 Å². The van der Waals surface area contributed by atoms with Crippen LogP contribution in [0, 0.1) is 0 Å². The first-order chi connectivity index (χ1) is 14.9. The van der Waals surface area contributed by atoms with Gasteiger partial charge in [-0.05, 0) is 47.6 Å². The first kappa shape index (κ1) is 22.4. The highest BCUT2D eigenvalue weighted by atomic mass is 32.1. The van der Waals surface area contributed by atoms with Crippen molar-refractivity contribution < 1.29 is 28.5 Å². The maximum absolute atomic E-state index is 12.6. The molecule has 0 aromatic heterocycles. The number of benzene rings is 2. The molecule has 1 heterocycles. The van der Waals surface area contributed by atoms with Crippen molar-refractivity contribution in [2.75, 3.05) is 28.4 Å². The SMILES string of the molecule is COc1cc(CN2C(=O)CC(=O)N(Cc3cc(OC)cc(OC)c3)C2=S)cc(OC)c1. The van der Waals surface area contributed by atoms with Crippen LogP contribution in [-0.2, 0) is 22.7 Å². The summed E-state index contributed by atoms with van der Waals surface area (Å²) in [5, 5.41) is 0.143. The van der Waals surface area contributed by atoms with Crippen molar-refractivity contribution in [3.8, 4) is 23.0 Å². The third-order valence-electron chi connectivity index (χ3n) is 4.87. The lowest BCUT2D eigenvalue weighted by molar-refractivity contribution is -0.141. The molecule has 0 spiro atoms. The quantitative estimate of drug-likeness (QED) is 0.458. The first-order valence-corrected chi connectivity index (χ1v) is 9.88. The van der Waals surface area contributed by atoms with Gasteiger partial charge in [0, 0.05) is 12.1 Å². The van der Waals surface area contributed by atoms with Crippen molar-refractivity contribution in [2.24, 2.45) is 0 Å².